The first-order valence-electron chi connectivity index (χ1n) is 11.9. The van der Waals surface area contributed by atoms with Gasteiger partial charge in [-0.1, -0.05) is 0 Å². The van der Waals surface area contributed by atoms with E-state index in [1.54, 1.807) is 99.1 Å². The average Bonchev–Trinajstić information content (AvgIpc) is 2.98. The zero-order chi connectivity index (χ0) is 27.8. The van der Waals surface area contributed by atoms with E-state index >= 15 is 0 Å². The van der Waals surface area contributed by atoms with Gasteiger partial charge in [-0.05, 0) is 72.8 Å². The molecule has 0 atom stereocenters. The van der Waals surface area contributed by atoms with E-state index in [1.165, 1.54) is 14.2 Å². The molecule has 4 aromatic rings. The second kappa shape index (κ2) is 12.4. The van der Waals surface area contributed by atoms with Crippen molar-refractivity contribution < 1.29 is 33.3 Å². The Labute approximate surface area is 226 Å². The Hall–Kier alpha value is -5.18. The smallest absolute Gasteiger partial charge is 0.259 e. The van der Waals surface area contributed by atoms with Crippen molar-refractivity contribution >= 4 is 23.2 Å². The highest BCUT2D eigenvalue weighted by Gasteiger charge is 2.15. The van der Waals surface area contributed by atoms with Crippen LogP contribution in [0.5, 0.6) is 34.5 Å². The van der Waals surface area contributed by atoms with Crippen LogP contribution in [-0.2, 0) is 0 Å². The summed E-state index contributed by atoms with van der Waals surface area (Å²) in [6.07, 6.45) is 0. The predicted molar refractivity (Wildman–Crippen MR) is 148 cm³/mol. The molecule has 9 heteroatoms. The molecule has 0 saturated heterocycles. The van der Waals surface area contributed by atoms with Crippen LogP contribution in [-0.4, -0.2) is 40.3 Å². The first-order chi connectivity index (χ1) is 18.9. The molecule has 4 aromatic carbocycles. The third-order valence-corrected chi connectivity index (χ3v) is 5.77. The fraction of sp³-hybridized carbons (Fsp3) is 0.133. The van der Waals surface area contributed by atoms with Crippen molar-refractivity contribution in [2.24, 2.45) is 0 Å². The first kappa shape index (κ1) is 26.9. The van der Waals surface area contributed by atoms with E-state index in [4.69, 9.17) is 23.7 Å². The van der Waals surface area contributed by atoms with Gasteiger partial charge in [-0.25, -0.2) is 0 Å². The Bertz CT molecular complexity index is 1340. The van der Waals surface area contributed by atoms with Crippen molar-refractivity contribution in [2.45, 2.75) is 0 Å². The van der Waals surface area contributed by atoms with Crippen molar-refractivity contribution in [3.05, 3.63) is 96.1 Å². The number of benzene rings is 4. The highest BCUT2D eigenvalue weighted by Crippen LogP contribution is 2.28. The summed E-state index contributed by atoms with van der Waals surface area (Å²) in [7, 11) is 6.09. The molecule has 9 nitrogen and oxygen atoms in total. The first-order valence-corrected chi connectivity index (χ1v) is 11.9. The standard InChI is InChI=1S/C30H28N2O7/c1-35-23-13-15-25(27(17-23)37-3)29(33)31-19-5-9-21(10-6-19)39-22-11-7-20(8-12-22)32-30(34)26-16-14-24(36-2)18-28(26)38-4/h5-18H,1-4H3,(H,31,33)(H,32,34). The molecule has 0 bridgehead atoms. The number of rotatable bonds is 10. The van der Waals surface area contributed by atoms with Crippen LogP contribution in [0.4, 0.5) is 11.4 Å². The highest BCUT2D eigenvalue weighted by molar-refractivity contribution is 6.07. The lowest BCUT2D eigenvalue weighted by Crippen LogP contribution is -2.13. The van der Waals surface area contributed by atoms with Gasteiger partial charge in [0.25, 0.3) is 11.8 Å². The molecular formula is C30H28N2O7. The third-order valence-electron chi connectivity index (χ3n) is 5.77. The predicted octanol–water partition coefficient (Wildman–Crippen LogP) is 6.02. The second-order valence-corrected chi connectivity index (χ2v) is 8.19. The molecule has 2 amide bonds. The van der Waals surface area contributed by atoms with Crippen LogP contribution in [0.3, 0.4) is 0 Å². The molecule has 200 valence electrons. The fourth-order valence-electron chi connectivity index (χ4n) is 3.72. The molecule has 0 aliphatic rings. The van der Waals surface area contributed by atoms with Gasteiger partial charge >= 0.3 is 0 Å². The molecule has 0 aromatic heterocycles. The lowest BCUT2D eigenvalue weighted by molar-refractivity contribution is 0.101. The maximum Gasteiger partial charge on any atom is 0.259 e. The van der Waals surface area contributed by atoms with Crippen molar-refractivity contribution in [1.82, 2.24) is 0 Å². The van der Waals surface area contributed by atoms with E-state index in [1.807, 2.05) is 0 Å². The molecule has 0 aliphatic heterocycles. The lowest BCUT2D eigenvalue weighted by Gasteiger charge is -2.12. The Balaban J connectivity index is 1.36. The van der Waals surface area contributed by atoms with Gasteiger partial charge in [0.2, 0.25) is 0 Å². The topological polar surface area (TPSA) is 104 Å². The van der Waals surface area contributed by atoms with Crippen molar-refractivity contribution in [3.8, 4) is 34.5 Å². The van der Waals surface area contributed by atoms with Gasteiger partial charge in [0.15, 0.2) is 0 Å². The van der Waals surface area contributed by atoms with Crippen molar-refractivity contribution in [2.75, 3.05) is 39.1 Å². The number of carbonyl (C=O) groups excluding carboxylic acids is 2. The monoisotopic (exact) mass is 528 g/mol. The number of hydrogen-bond acceptors (Lipinski definition) is 7. The Morgan fingerprint density at radius 1 is 0.487 bits per heavy atom. The van der Waals surface area contributed by atoms with E-state index in [9.17, 15) is 9.59 Å². The largest absolute Gasteiger partial charge is 0.497 e. The van der Waals surface area contributed by atoms with Crippen molar-refractivity contribution in [3.63, 3.8) is 0 Å². The molecule has 0 radical (unpaired) electrons. The molecule has 0 saturated carbocycles. The molecule has 39 heavy (non-hydrogen) atoms. The Kier molecular flexibility index (Phi) is 8.53. The fourth-order valence-corrected chi connectivity index (χ4v) is 3.72. The maximum absolute atomic E-state index is 12.7. The van der Waals surface area contributed by atoms with Crippen LogP contribution in [0.2, 0.25) is 0 Å². The minimum absolute atomic E-state index is 0.312. The number of anilines is 2. The van der Waals surface area contributed by atoms with Gasteiger partial charge < -0.3 is 34.3 Å². The third kappa shape index (κ3) is 6.58. The summed E-state index contributed by atoms with van der Waals surface area (Å²) in [6.45, 7) is 0. The average molecular weight is 529 g/mol. The summed E-state index contributed by atoms with van der Waals surface area (Å²) in [5.41, 5.74) is 1.96. The van der Waals surface area contributed by atoms with E-state index in [0.717, 1.165) is 0 Å². The van der Waals surface area contributed by atoms with Crippen LogP contribution < -0.4 is 34.3 Å². The molecule has 0 aliphatic carbocycles. The summed E-state index contributed by atoms with van der Waals surface area (Å²) >= 11 is 0. The van der Waals surface area contributed by atoms with Crippen LogP contribution in [0.15, 0.2) is 84.9 Å². The molecule has 0 unspecified atom stereocenters. The van der Waals surface area contributed by atoms with Gasteiger partial charge in [0.05, 0.1) is 39.6 Å². The minimum Gasteiger partial charge on any atom is -0.497 e. The van der Waals surface area contributed by atoms with Crippen LogP contribution >= 0.6 is 0 Å². The number of amides is 2. The van der Waals surface area contributed by atoms with E-state index in [2.05, 4.69) is 10.6 Å². The van der Waals surface area contributed by atoms with E-state index < -0.39 is 0 Å². The zero-order valence-corrected chi connectivity index (χ0v) is 21.9. The second-order valence-electron chi connectivity index (χ2n) is 8.19. The number of methoxy groups -OCH3 is 4. The normalized spacial score (nSPS) is 10.3. The van der Waals surface area contributed by atoms with E-state index in [0.29, 0.717) is 57.0 Å². The summed E-state index contributed by atoms with van der Waals surface area (Å²) in [6, 6.07) is 23.9. The van der Waals surface area contributed by atoms with Gasteiger partial charge in [0.1, 0.15) is 34.5 Å². The minimum atomic E-state index is -0.312. The molecular weight excluding hydrogens is 500 g/mol. The van der Waals surface area contributed by atoms with Gasteiger partial charge in [-0.3, -0.25) is 9.59 Å². The van der Waals surface area contributed by atoms with Crippen LogP contribution in [0, 0.1) is 0 Å². The van der Waals surface area contributed by atoms with Gasteiger partial charge in [-0.15, -0.1) is 0 Å². The molecule has 0 spiro atoms. The number of nitrogens with one attached hydrogen (secondary N) is 2. The Morgan fingerprint density at radius 2 is 0.846 bits per heavy atom. The van der Waals surface area contributed by atoms with Gasteiger partial charge in [-0.2, -0.15) is 0 Å². The van der Waals surface area contributed by atoms with E-state index in [-0.39, 0.29) is 11.8 Å². The Morgan fingerprint density at radius 3 is 1.18 bits per heavy atom. The molecule has 2 N–H and O–H groups in total. The quantitative estimate of drug-likeness (QED) is 0.259. The van der Waals surface area contributed by atoms with Crippen LogP contribution in [0.25, 0.3) is 0 Å². The molecule has 0 fully saturated rings. The lowest BCUT2D eigenvalue weighted by atomic mass is 10.1. The summed E-state index contributed by atoms with van der Waals surface area (Å²) < 4.78 is 26.9. The SMILES string of the molecule is COc1ccc(C(=O)Nc2ccc(Oc3ccc(NC(=O)c4ccc(OC)cc4OC)cc3)cc2)c(OC)c1. The highest BCUT2D eigenvalue weighted by atomic mass is 16.5. The summed E-state index contributed by atoms with van der Waals surface area (Å²) in [4.78, 5) is 25.5. The summed E-state index contributed by atoms with van der Waals surface area (Å²) in [5, 5.41) is 5.69. The zero-order valence-electron chi connectivity index (χ0n) is 21.9. The van der Waals surface area contributed by atoms with Crippen molar-refractivity contribution in [1.29, 1.82) is 0 Å². The molecule has 4 rings (SSSR count). The number of ether oxygens (including phenoxy) is 5. The maximum atomic E-state index is 12.7. The number of hydrogen-bond donors (Lipinski definition) is 2. The van der Waals surface area contributed by atoms with Gasteiger partial charge in [0, 0.05) is 23.5 Å². The van der Waals surface area contributed by atoms with Crippen LogP contribution in [0.1, 0.15) is 20.7 Å². The summed E-state index contributed by atoms with van der Waals surface area (Å²) in [5.74, 6) is 2.55. The number of carbonyl (C=O) groups is 2. The molecule has 0 heterocycles.